The average Bonchev–Trinajstić information content (AvgIpc) is 2.58. The largest absolute Gasteiger partial charge is 0.444 e. The van der Waals surface area contributed by atoms with Crippen molar-refractivity contribution >= 4 is 23.6 Å². The van der Waals surface area contributed by atoms with Crippen LogP contribution >= 0.6 is 11.6 Å². The van der Waals surface area contributed by atoms with Gasteiger partial charge in [0, 0.05) is 31.1 Å². The molecule has 0 saturated carbocycles. The molecule has 1 heterocycles. The van der Waals surface area contributed by atoms with Gasteiger partial charge in [0.15, 0.2) is 0 Å². The number of carbonyl (C=O) groups excluding carboxylic acids is 2. The number of halogens is 1. The number of benzene rings is 1. The second-order valence-corrected chi connectivity index (χ2v) is 8.29. The molecule has 2 amide bonds. The van der Waals surface area contributed by atoms with Gasteiger partial charge in [0.25, 0.3) is 0 Å². The minimum Gasteiger partial charge on any atom is -0.444 e. The molecule has 1 aliphatic heterocycles. The Morgan fingerprint density at radius 2 is 1.96 bits per heavy atom. The third-order valence-corrected chi connectivity index (χ3v) is 4.60. The maximum Gasteiger partial charge on any atom is 0.407 e. The molecule has 0 bridgehead atoms. The Labute approximate surface area is 161 Å². The predicted octanol–water partition coefficient (Wildman–Crippen LogP) is 4.04. The number of nitrogens with one attached hydrogen (secondary N) is 1. The quantitative estimate of drug-likeness (QED) is 0.838. The fraction of sp³-hybridized carbons (Fsp3) is 0.600. The lowest BCUT2D eigenvalue weighted by atomic mass is 9.97. The van der Waals surface area contributed by atoms with Gasteiger partial charge in [-0.15, -0.1) is 0 Å². The Hall–Kier alpha value is -1.75. The number of hydrogen-bond donors (Lipinski definition) is 1. The van der Waals surface area contributed by atoms with Crippen LogP contribution in [0.15, 0.2) is 24.3 Å². The second kappa shape index (κ2) is 9.26. The molecule has 1 aromatic rings. The average molecular weight is 381 g/mol. The summed E-state index contributed by atoms with van der Waals surface area (Å²) in [6, 6.07) is 7.61. The number of alkyl carbamates (subject to hydrolysis) is 1. The number of piperidine rings is 1. The van der Waals surface area contributed by atoms with Gasteiger partial charge in [-0.25, -0.2) is 4.79 Å². The van der Waals surface area contributed by atoms with E-state index in [2.05, 4.69) is 5.32 Å². The third kappa shape index (κ3) is 7.24. The third-order valence-electron chi connectivity index (χ3n) is 4.35. The number of nitrogens with zero attached hydrogens (tertiary/aromatic N) is 1. The molecule has 5 nitrogen and oxygen atoms in total. The summed E-state index contributed by atoms with van der Waals surface area (Å²) in [4.78, 5) is 26.2. The van der Waals surface area contributed by atoms with E-state index in [1.54, 1.807) is 0 Å². The summed E-state index contributed by atoms with van der Waals surface area (Å²) in [5.74, 6) is 0.442. The second-order valence-electron chi connectivity index (χ2n) is 7.86. The van der Waals surface area contributed by atoms with Gasteiger partial charge in [0.05, 0.1) is 0 Å². The summed E-state index contributed by atoms with van der Waals surface area (Å²) >= 11 is 5.89. The van der Waals surface area contributed by atoms with Crippen LogP contribution in [0.3, 0.4) is 0 Å². The number of carbonyl (C=O) groups is 2. The van der Waals surface area contributed by atoms with Crippen LogP contribution in [0.2, 0.25) is 5.02 Å². The molecule has 0 radical (unpaired) electrons. The Morgan fingerprint density at radius 1 is 1.27 bits per heavy atom. The van der Waals surface area contributed by atoms with Crippen LogP contribution in [0, 0.1) is 5.92 Å². The van der Waals surface area contributed by atoms with Crippen molar-refractivity contribution in [2.45, 2.75) is 52.1 Å². The predicted molar refractivity (Wildman–Crippen MR) is 103 cm³/mol. The van der Waals surface area contributed by atoms with Gasteiger partial charge in [-0.2, -0.15) is 0 Å². The molecule has 0 aliphatic carbocycles. The topological polar surface area (TPSA) is 58.6 Å². The van der Waals surface area contributed by atoms with E-state index < -0.39 is 11.7 Å². The number of ether oxygens (including phenoxy) is 1. The first kappa shape index (κ1) is 20.6. The first-order valence-corrected chi connectivity index (χ1v) is 9.60. The van der Waals surface area contributed by atoms with Crippen molar-refractivity contribution in [3.8, 4) is 0 Å². The summed E-state index contributed by atoms with van der Waals surface area (Å²) < 4.78 is 5.26. The van der Waals surface area contributed by atoms with Crippen molar-refractivity contribution in [1.82, 2.24) is 10.2 Å². The number of hydrogen-bond acceptors (Lipinski definition) is 3. The van der Waals surface area contributed by atoms with Crippen molar-refractivity contribution in [2.24, 2.45) is 5.92 Å². The normalized spacial score (nSPS) is 17.7. The van der Waals surface area contributed by atoms with Crippen LogP contribution in [0.5, 0.6) is 0 Å². The highest BCUT2D eigenvalue weighted by Gasteiger charge is 2.24. The van der Waals surface area contributed by atoms with Gasteiger partial charge in [0.2, 0.25) is 5.91 Å². The van der Waals surface area contributed by atoms with Crippen molar-refractivity contribution in [3.05, 3.63) is 34.9 Å². The molecule has 26 heavy (non-hydrogen) atoms. The minimum absolute atomic E-state index is 0.168. The molecule has 1 unspecified atom stereocenters. The van der Waals surface area contributed by atoms with E-state index in [0.29, 0.717) is 31.0 Å². The Morgan fingerprint density at radius 3 is 2.62 bits per heavy atom. The zero-order valence-electron chi connectivity index (χ0n) is 15.9. The Kier molecular flexibility index (Phi) is 7.33. The van der Waals surface area contributed by atoms with Crippen LogP contribution in [0.1, 0.15) is 45.6 Å². The molecular weight excluding hydrogens is 352 g/mol. The molecule has 2 rings (SSSR count). The smallest absolute Gasteiger partial charge is 0.407 e. The molecule has 1 fully saturated rings. The summed E-state index contributed by atoms with van der Waals surface area (Å²) in [7, 11) is 0. The zero-order valence-corrected chi connectivity index (χ0v) is 16.6. The molecule has 0 spiro atoms. The summed E-state index contributed by atoms with van der Waals surface area (Å²) in [6.45, 7) is 7.55. The lowest BCUT2D eigenvalue weighted by molar-refractivity contribution is -0.132. The van der Waals surface area contributed by atoms with E-state index in [9.17, 15) is 9.59 Å². The molecule has 1 N–H and O–H groups in total. The molecular formula is C20H29ClN2O3. The number of rotatable bonds is 5. The van der Waals surface area contributed by atoms with Gasteiger partial charge in [0.1, 0.15) is 5.60 Å². The van der Waals surface area contributed by atoms with Gasteiger partial charge in [-0.05, 0) is 63.6 Å². The highest BCUT2D eigenvalue weighted by molar-refractivity contribution is 6.30. The van der Waals surface area contributed by atoms with Gasteiger partial charge >= 0.3 is 6.09 Å². The van der Waals surface area contributed by atoms with Crippen LogP contribution in [-0.4, -0.2) is 42.1 Å². The zero-order chi connectivity index (χ0) is 19.2. The SMILES string of the molecule is CC(C)(C)OC(=O)NCC1CCCN(C(=O)CCc2ccc(Cl)cc2)C1. The first-order valence-electron chi connectivity index (χ1n) is 9.22. The summed E-state index contributed by atoms with van der Waals surface area (Å²) in [5.41, 5.74) is 0.614. The van der Waals surface area contributed by atoms with E-state index in [0.717, 1.165) is 24.9 Å². The first-order chi connectivity index (χ1) is 12.2. The molecule has 1 atom stereocenters. The number of amides is 2. The van der Waals surface area contributed by atoms with Gasteiger partial charge < -0.3 is 15.0 Å². The monoisotopic (exact) mass is 380 g/mol. The van der Waals surface area contributed by atoms with Crippen LogP contribution in [-0.2, 0) is 16.0 Å². The lowest BCUT2D eigenvalue weighted by Crippen LogP contribution is -2.44. The fourth-order valence-electron chi connectivity index (χ4n) is 3.06. The molecule has 1 saturated heterocycles. The van der Waals surface area contributed by atoms with Gasteiger partial charge in [-0.1, -0.05) is 23.7 Å². The van der Waals surface area contributed by atoms with Crippen molar-refractivity contribution in [1.29, 1.82) is 0 Å². The van der Waals surface area contributed by atoms with E-state index in [-0.39, 0.29) is 11.8 Å². The molecule has 0 aromatic heterocycles. The Balaban J connectivity index is 1.75. The highest BCUT2D eigenvalue weighted by atomic mass is 35.5. The maximum absolute atomic E-state index is 12.5. The maximum atomic E-state index is 12.5. The molecule has 1 aromatic carbocycles. The van der Waals surface area contributed by atoms with E-state index in [1.165, 1.54) is 0 Å². The fourth-order valence-corrected chi connectivity index (χ4v) is 3.19. The van der Waals surface area contributed by atoms with Gasteiger partial charge in [-0.3, -0.25) is 4.79 Å². The van der Waals surface area contributed by atoms with Crippen molar-refractivity contribution in [2.75, 3.05) is 19.6 Å². The number of likely N-dealkylation sites (tertiary alicyclic amines) is 1. The highest BCUT2D eigenvalue weighted by Crippen LogP contribution is 2.18. The molecule has 144 valence electrons. The summed E-state index contributed by atoms with van der Waals surface area (Å²) in [6.07, 6.45) is 2.79. The van der Waals surface area contributed by atoms with Crippen LogP contribution in [0.25, 0.3) is 0 Å². The minimum atomic E-state index is -0.500. The van der Waals surface area contributed by atoms with E-state index in [4.69, 9.17) is 16.3 Å². The molecule has 6 heteroatoms. The van der Waals surface area contributed by atoms with Crippen LogP contribution < -0.4 is 5.32 Å². The Bertz CT molecular complexity index is 610. The van der Waals surface area contributed by atoms with Crippen molar-refractivity contribution in [3.63, 3.8) is 0 Å². The van der Waals surface area contributed by atoms with E-state index >= 15 is 0 Å². The standard InChI is InChI=1S/C20H29ClN2O3/c1-20(2,3)26-19(25)22-13-16-5-4-12-23(14-16)18(24)11-8-15-6-9-17(21)10-7-15/h6-7,9-10,16H,4-5,8,11-14H2,1-3H3,(H,22,25). The summed E-state index contributed by atoms with van der Waals surface area (Å²) in [5, 5.41) is 3.52. The van der Waals surface area contributed by atoms with Crippen molar-refractivity contribution < 1.29 is 14.3 Å². The number of aryl methyl sites for hydroxylation is 1. The van der Waals surface area contributed by atoms with E-state index in [1.807, 2.05) is 49.9 Å². The molecule has 1 aliphatic rings. The van der Waals surface area contributed by atoms with Crippen LogP contribution in [0.4, 0.5) is 4.79 Å². The lowest BCUT2D eigenvalue weighted by Gasteiger charge is -2.33.